The smallest absolute Gasteiger partial charge is 0.314 e. The van der Waals surface area contributed by atoms with Gasteiger partial charge < -0.3 is 14.9 Å². The highest BCUT2D eigenvalue weighted by atomic mass is 16.5. The number of carbonyl (C=O) groups excluding carboxylic acids is 2. The van der Waals surface area contributed by atoms with Crippen molar-refractivity contribution in [2.45, 2.75) is 72.0 Å². The van der Waals surface area contributed by atoms with E-state index in [0.717, 1.165) is 27.5 Å². The zero-order chi connectivity index (χ0) is 23.1. The molecule has 0 radical (unpaired) electrons. The van der Waals surface area contributed by atoms with Crippen LogP contribution in [0.2, 0.25) is 0 Å². The van der Waals surface area contributed by atoms with Crippen LogP contribution in [0, 0.1) is 19.8 Å². The Kier molecular flexibility index (Phi) is 8.98. The van der Waals surface area contributed by atoms with Crippen LogP contribution in [0.25, 0.3) is 10.8 Å². The summed E-state index contributed by atoms with van der Waals surface area (Å²) < 4.78 is 5.77. The van der Waals surface area contributed by atoms with Crippen LogP contribution in [-0.2, 0) is 16.0 Å². The van der Waals surface area contributed by atoms with Crippen molar-refractivity contribution >= 4 is 22.6 Å². The van der Waals surface area contributed by atoms with Gasteiger partial charge in [-0.1, -0.05) is 32.0 Å². The quantitative estimate of drug-likeness (QED) is 0.198. The Morgan fingerprint density at radius 1 is 1.13 bits per heavy atom. The first kappa shape index (κ1) is 24.8. The van der Waals surface area contributed by atoms with Gasteiger partial charge in [0.05, 0.1) is 24.5 Å². The average Bonchev–Trinajstić information content (AvgIpc) is 2.72. The predicted octanol–water partition coefficient (Wildman–Crippen LogP) is 3.35. The van der Waals surface area contributed by atoms with Crippen molar-refractivity contribution in [2.75, 3.05) is 0 Å². The molecule has 2 rings (SSSR count). The fourth-order valence-corrected chi connectivity index (χ4v) is 3.61. The molecule has 0 spiro atoms. The Labute approximate surface area is 183 Å². The molecular weight excluding hydrogens is 398 g/mol. The molecule has 4 N–H and O–H groups in total. The number of aliphatic hydroxyl groups is 2. The standard InChI is InChI=1S/C24H33NO6/c1-5-15(3)24(29)31-21-11-14(2)10-17-7-6-16(4)20(23(17)21)9-8-18(26)12-19(27)13-22(28)25-30/h6-7,10-11,15,18-19,26-27,30H,5,8-9,12-13H2,1-4H3,(H,25,28)/t15-,18+,19+/m0/s1. The fourth-order valence-electron chi connectivity index (χ4n) is 3.61. The fraction of sp³-hybridized carbons (Fsp3) is 0.500. The summed E-state index contributed by atoms with van der Waals surface area (Å²) in [7, 11) is 0. The molecule has 1 amide bonds. The molecule has 31 heavy (non-hydrogen) atoms. The van der Waals surface area contributed by atoms with Crippen LogP contribution in [0.1, 0.15) is 56.2 Å². The van der Waals surface area contributed by atoms with E-state index >= 15 is 0 Å². The second-order valence-corrected chi connectivity index (χ2v) is 8.27. The lowest BCUT2D eigenvalue weighted by Gasteiger charge is -2.19. The van der Waals surface area contributed by atoms with Crippen molar-refractivity contribution in [1.82, 2.24) is 5.48 Å². The number of benzene rings is 2. The Bertz CT molecular complexity index is 926. The number of ether oxygens (including phenoxy) is 1. The van der Waals surface area contributed by atoms with Gasteiger partial charge in [-0.05, 0) is 67.7 Å². The van der Waals surface area contributed by atoms with Crippen LogP contribution < -0.4 is 10.2 Å². The molecule has 0 aliphatic rings. The molecule has 7 heteroatoms. The first-order valence-corrected chi connectivity index (χ1v) is 10.7. The minimum atomic E-state index is -1.05. The molecule has 2 aromatic carbocycles. The predicted molar refractivity (Wildman–Crippen MR) is 118 cm³/mol. The monoisotopic (exact) mass is 431 g/mol. The molecule has 0 fully saturated rings. The number of aliphatic hydroxyl groups excluding tert-OH is 2. The highest BCUT2D eigenvalue weighted by molar-refractivity contribution is 5.94. The molecule has 0 aliphatic carbocycles. The Morgan fingerprint density at radius 2 is 1.84 bits per heavy atom. The zero-order valence-corrected chi connectivity index (χ0v) is 18.6. The molecule has 7 nitrogen and oxygen atoms in total. The first-order chi connectivity index (χ1) is 14.7. The first-order valence-electron chi connectivity index (χ1n) is 10.7. The Hall–Kier alpha value is -2.48. The van der Waals surface area contributed by atoms with Crippen LogP contribution in [0.4, 0.5) is 0 Å². The summed E-state index contributed by atoms with van der Waals surface area (Å²) in [6.07, 6.45) is -0.567. The molecule has 0 saturated carbocycles. The van der Waals surface area contributed by atoms with Crippen LogP contribution in [0.15, 0.2) is 24.3 Å². The van der Waals surface area contributed by atoms with Crippen molar-refractivity contribution < 1.29 is 29.7 Å². The molecule has 0 bridgehead atoms. The lowest BCUT2D eigenvalue weighted by molar-refractivity contribution is -0.138. The summed E-state index contributed by atoms with van der Waals surface area (Å²) in [4.78, 5) is 23.6. The molecule has 0 unspecified atom stereocenters. The van der Waals surface area contributed by atoms with Crippen molar-refractivity contribution in [3.63, 3.8) is 0 Å². The van der Waals surface area contributed by atoms with Gasteiger partial charge in [0, 0.05) is 5.39 Å². The minimum Gasteiger partial charge on any atom is -0.426 e. The average molecular weight is 432 g/mol. The van der Waals surface area contributed by atoms with Gasteiger partial charge in [-0.15, -0.1) is 0 Å². The van der Waals surface area contributed by atoms with Crippen LogP contribution in [0.5, 0.6) is 5.75 Å². The lowest BCUT2D eigenvalue weighted by atomic mass is 9.92. The topological polar surface area (TPSA) is 116 Å². The van der Waals surface area contributed by atoms with E-state index < -0.39 is 18.1 Å². The van der Waals surface area contributed by atoms with E-state index in [-0.39, 0.29) is 24.7 Å². The summed E-state index contributed by atoms with van der Waals surface area (Å²) in [6, 6.07) is 7.89. The van der Waals surface area contributed by atoms with Crippen molar-refractivity contribution in [2.24, 2.45) is 5.92 Å². The van der Waals surface area contributed by atoms with Gasteiger partial charge in [0.1, 0.15) is 5.75 Å². The summed E-state index contributed by atoms with van der Waals surface area (Å²) >= 11 is 0. The van der Waals surface area contributed by atoms with Gasteiger partial charge in [-0.25, -0.2) is 5.48 Å². The molecule has 3 atom stereocenters. The van der Waals surface area contributed by atoms with Crippen LogP contribution in [-0.4, -0.2) is 39.5 Å². The van der Waals surface area contributed by atoms with Gasteiger partial charge in [0.2, 0.25) is 5.91 Å². The Morgan fingerprint density at radius 3 is 2.48 bits per heavy atom. The third-order valence-corrected chi connectivity index (χ3v) is 5.61. The van der Waals surface area contributed by atoms with Crippen molar-refractivity contribution in [3.05, 3.63) is 41.0 Å². The molecule has 2 aromatic rings. The second kappa shape index (κ2) is 11.2. The lowest BCUT2D eigenvalue weighted by Crippen LogP contribution is -2.27. The van der Waals surface area contributed by atoms with Crippen LogP contribution in [0.3, 0.4) is 0 Å². The largest absolute Gasteiger partial charge is 0.426 e. The number of carbonyl (C=O) groups is 2. The zero-order valence-electron chi connectivity index (χ0n) is 18.6. The maximum atomic E-state index is 12.5. The summed E-state index contributed by atoms with van der Waals surface area (Å²) in [5.41, 5.74) is 4.45. The maximum absolute atomic E-state index is 12.5. The normalized spacial score (nSPS) is 14.2. The number of rotatable bonds is 10. The SMILES string of the molecule is CC[C@H](C)C(=O)Oc1cc(C)cc2ccc(C)c(CC[C@@H](O)C[C@@H](O)CC(=O)NO)c12. The number of nitrogens with one attached hydrogen (secondary N) is 1. The molecule has 170 valence electrons. The molecule has 0 aromatic heterocycles. The van der Waals surface area contributed by atoms with E-state index in [1.807, 2.05) is 52.0 Å². The van der Waals surface area contributed by atoms with E-state index in [9.17, 15) is 19.8 Å². The highest BCUT2D eigenvalue weighted by Gasteiger charge is 2.20. The molecule has 0 aliphatic heterocycles. The molecule has 0 saturated heterocycles. The second-order valence-electron chi connectivity index (χ2n) is 8.27. The van der Waals surface area contributed by atoms with Crippen molar-refractivity contribution in [3.8, 4) is 5.75 Å². The summed E-state index contributed by atoms with van der Waals surface area (Å²) in [5.74, 6) is -0.656. The van der Waals surface area contributed by atoms with Gasteiger partial charge in [-0.3, -0.25) is 14.8 Å². The number of aryl methyl sites for hydroxylation is 3. The van der Waals surface area contributed by atoms with Gasteiger partial charge in [0.15, 0.2) is 0 Å². The maximum Gasteiger partial charge on any atom is 0.314 e. The van der Waals surface area contributed by atoms with E-state index in [2.05, 4.69) is 0 Å². The van der Waals surface area contributed by atoms with E-state index in [4.69, 9.17) is 9.94 Å². The minimum absolute atomic E-state index is 0.0200. The number of hydrogen-bond donors (Lipinski definition) is 4. The third-order valence-electron chi connectivity index (χ3n) is 5.61. The summed E-state index contributed by atoms with van der Waals surface area (Å²) in [6.45, 7) is 7.70. The molecular formula is C24H33NO6. The van der Waals surface area contributed by atoms with Gasteiger partial charge >= 0.3 is 5.97 Å². The Balaban J connectivity index is 2.27. The highest BCUT2D eigenvalue weighted by Crippen LogP contribution is 2.34. The van der Waals surface area contributed by atoms with E-state index in [0.29, 0.717) is 25.0 Å². The summed E-state index contributed by atoms with van der Waals surface area (Å²) in [5, 5.41) is 30.6. The number of fused-ring (bicyclic) bond motifs is 1. The van der Waals surface area contributed by atoms with E-state index in [1.165, 1.54) is 5.48 Å². The van der Waals surface area contributed by atoms with E-state index in [1.54, 1.807) is 0 Å². The third kappa shape index (κ3) is 6.75. The number of hydrogen-bond acceptors (Lipinski definition) is 6. The number of hydroxylamine groups is 1. The van der Waals surface area contributed by atoms with Gasteiger partial charge in [0.25, 0.3) is 0 Å². The molecule has 0 heterocycles. The van der Waals surface area contributed by atoms with Gasteiger partial charge in [-0.2, -0.15) is 0 Å². The number of esters is 1. The van der Waals surface area contributed by atoms with Crippen LogP contribution >= 0.6 is 0 Å². The van der Waals surface area contributed by atoms with Crippen molar-refractivity contribution in [1.29, 1.82) is 0 Å². The number of amides is 1.